The van der Waals surface area contributed by atoms with E-state index in [0.717, 1.165) is 25.8 Å². The number of thioether (sulfide) groups is 1. The Bertz CT molecular complexity index is 1340. The van der Waals surface area contributed by atoms with Gasteiger partial charge in [-0.25, -0.2) is 0 Å². The van der Waals surface area contributed by atoms with E-state index >= 15 is 0 Å². The summed E-state index contributed by atoms with van der Waals surface area (Å²) in [5, 5.41) is 10.6. The molecule has 184 valence electrons. The molecule has 1 aliphatic rings. The minimum absolute atomic E-state index is 0.0425. The van der Waals surface area contributed by atoms with E-state index in [0.29, 0.717) is 35.8 Å². The lowest BCUT2D eigenvalue weighted by Crippen LogP contribution is -2.27. The first-order valence-corrected chi connectivity index (χ1v) is 12.9. The molecule has 1 saturated heterocycles. The fourth-order valence-electron chi connectivity index (χ4n) is 3.48. The highest BCUT2D eigenvalue weighted by molar-refractivity contribution is 14.1. The third kappa shape index (κ3) is 6.24. The lowest BCUT2D eigenvalue weighted by molar-refractivity contribution is -0.384. The molecule has 3 aromatic rings. The molecule has 0 atom stereocenters. The summed E-state index contributed by atoms with van der Waals surface area (Å²) in [5.41, 5.74) is 2.11. The number of nitrogens with zero attached hydrogens (tertiary/aromatic N) is 2. The number of imide groups is 1. The smallest absolute Gasteiger partial charge is 0.293 e. The van der Waals surface area contributed by atoms with Crippen molar-refractivity contribution in [1.82, 2.24) is 4.90 Å². The molecule has 0 radical (unpaired) electrons. The van der Waals surface area contributed by atoms with Crippen molar-refractivity contribution in [3.63, 3.8) is 0 Å². The summed E-state index contributed by atoms with van der Waals surface area (Å²) in [5.74, 6) is 0.660. The first-order chi connectivity index (χ1) is 17.3. The Kier molecular flexibility index (Phi) is 8.26. The van der Waals surface area contributed by atoms with Gasteiger partial charge in [-0.05, 0) is 88.3 Å². The molecule has 0 bridgehead atoms. The molecular weight excluding hydrogens is 595 g/mol. The fraction of sp³-hybridized carbons (Fsp3) is 0.154. The zero-order valence-corrected chi connectivity index (χ0v) is 22.2. The quantitative estimate of drug-likeness (QED) is 0.119. The molecule has 1 fully saturated rings. The van der Waals surface area contributed by atoms with Crippen LogP contribution >= 0.6 is 34.4 Å². The van der Waals surface area contributed by atoms with Crippen molar-refractivity contribution in [2.75, 3.05) is 6.61 Å². The fourth-order valence-corrected chi connectivity index (χ4v) is 4.68. The molecule has 0 aliphatic carbocycles. The van der Waals surface area contributed by atoms with Crippen molar-refractivity contribution >= 4 is 57.3 Å². The van der Waals surface area contributed by atoms with E-state index in [1.807, 2.05) is 31.2 Å². The van der Waals surface area contributed by atoms with Crippen molar-refractivity contribution in [1.29, 1.82) is 0 Å². The zero-order valence-electron chi connectivity index (χ0n) is 19.2. The highest BCUT2D eigenvalue weighted by atomic mass is 127. The van der Waals surface area contributed by atoms with Crippen LogP contribution in [0.15, 0.2) is 71.6 Å². The van der Waals surface area contributed by atoms with Gasteiger partial charge in [-0.15, -0.1) is 0 Å². The van der Waals surface area contributed by atoms with E-state index in [4.69, 9.17) is 9.47 Å². The van der Waals surface area contributed by atoms with Gasteiger partial charge in [0.05, 0.1) is 23.0 Å². The van der Waals surface area contributed by atoms with Crippen LogP contribution < -0.4 is 9.47 Å². The van der Waals surface area contributed by atoms with Crippen LogP contribution in [0.25, 0.3) is 6.08 Å². The van der Waals surface area contributed by atoms with Crippen molar-refractivity contribution in [3.8, 4) is 11.5 Å². The number of nitro benzene ring substituents is 1. The van der Waals surface area contributed by atoms with Crippen LogP contribution in [0.3, 0.4) is 0 Å². The number of ether oxygens (including phenoxy) is 2. The Morgan fingerprint density at radius 2 is 1.78 bits per heavy atom. The van der Waals surface area contributed by atoms with Crippen LogP contribution in [0.2, 0.25) is 0 Å². The molecule has 4 rings (SSSR count). The van der Waals surface area contributed by atoms with E-state index in [-0.39, 0.29) is 17.1 Å². The summed E-state index contributed by atoms with van der Waals surface area (Å²) in [4.78, 5) is 37.3. The molecule has 2 amide bonds. The number of amides is 2. The van der Waals surface area contributed by atoms with Crippen LogP contribution in [0.5, 0.6) is 11.5 Å². The van der Waals surface area contributed by atoms with Gasteiger partial charge in [-0.2, -0.15) is 0 Å². The first kappa shape index (κ1) is 25.7. The second-order valence-electron chi connectivity index (χ2n) is 7.75. The van der Waals surface area contributed by atoms with Crippen LogP contribution in [-0.2, 0) is 17.9 Å². The van der Waals surface area contributed by atoms with Gasteiger partial charge in [0.15, 0.2) is 11.5 Å². The Morgan fingerprint density at radius 3 is 2.50 bits per heavy atom. The molecule has 0 unspecified atom stereocenters. The third-order valence-corrected chi connectivity index (χ3v) is 6.84. The first-order valence-electron chi connectivity index (χ1n) is 11.0. The molecule has 0 spiro atoms. The van der Waals surface area contributed by atoms with Crippen LogP contribution in [0.4, 0.5) is 10.5 Å². The predicted molar refractivity (Wildman–Crippen MR) is 146 cm³/mol. The van der Waals surface area contributed by atoms with Crippen molar-refractivity contribution < 1.29 is 24.0 Å². The summed E-state index contributed by atoms with van der Waals surface area (Å²) < 4.78 is 12.9. The third-order valence-electron chi connectivity index (χ3n) is 5.21. The predicted octanol–water partition coefficient (Wildman–Crippen LogP) is 6.41. The van der Waals surface area contributed by atoms with Gasteiger partial charge in [0.1, 0.15) is 6.61 Å². The molecule has 0 N–H and O–H groups in total. The van der Waals surface area contributed by atoms with Gasteiger partial charge in [-0.3, -0.25) is 24.6 Å². The average molecular weight is 616 g/mol. The number of hydrogen-bond donors (Lipinski definition) is 0. The van der Waals surface area contributed by atoms with Crippen LogP contribution in [0, 0.1) is 13.7 Å². The largest absolute Gasteiger partial charge is 0.490 e. The summed E-state index contributed by atoms with van der Waals surface area (Å²) in [6.07, 6.45) is 1.63. The Labute approximate surface area is 225 Å². The molecular formula is C26H21IN2O6S. The van der Waals surface area contributed by atoms with Gasteiger partial charge in [-0.1, -0.05) is 30.3 Å². The number of rotatable bonds is 9. The monoisotopic (exact) mass is 616 g/mol. The molecule has 10 heteroatoms. The molecule has 1 aliphatic heterocycles. The van der Waals surface area contributed by atoms with E-state index < -0.39 is 16.1 Å². The van der Waals surface area contributed by atoms with Gasteiger partial charge in [0, 0.05) is 15.7 Å². The van der Waals surface area contributed by atoms with Crippen molar-refractivity contribution in [3.05, 3.63) is 102 Å². The second-order valence-corrected chi connectivity index (χ2v) is 9.99. The van der Waals surface area contributed by atoms with Gasteiger partial charge >= 0.3 is 0 Å². The topological polar surface area (TPSA) is 99.0 Å². The number of non-ortho nitro benzene ring substituents is 1. The highest BCUT2D eigenvalue weighted by Gasteiger charge is 2.35. The lowest BCUT2D eigenvalue weighted by atomic mass is 10.1. The molecule has 3 aromatic carbocycles. The van der Waals surface area contributed by atoms with Gasteiger partial charge in [0.25, 0.3) is 16.8 Å². The van der Waals surface area contributed by atoms with Crippen molar-refractivity contribution in [2.24, 2.45) is 0 Å². The minimum atomic E-state index is -0.513. The number of carbonyl (C=O) groups excluding carboxylic acids is 2. The maximum atomic E-state index is 12.9. The maximum absolute atomic E-state index is 12.9. The van der Waals surface area contributed by atoms with Crippen LogP contribution in [0.1, 0.15) is 23.6 Å². The standard InChI is InChI=1S/C26H21IN2O6S/c1-2-34-23-13-18(8-11-22(23)35-16-17-6-9-20(27)10-7-17)14-24-25(30)28(26(31)36-24)15-19-4-3-5-21(12-19)29(32)33/h3-14H,2,15-16H2,1H3/b24-14+. The van der Waals surface area contributed by atoms with Gasteiger partial charge in [0.2, 0.25) is 0 Å². The summed E-state index contributed by atoms with van der Waals surface area (Å²) in [7, 11) is 0. The molecule has 8 nitrogen and oxygen atoms in total. The molecule has 0 aromatic heterocycles. The normalized spacial score (nSPS) is 14.4. The summed E-state index contributed by atoms with van der Waals surface area (Å²) in [6.45, 7) is 2.64. The Morgan fingerprint density at radius 1 is 1.00 bits per heavy atom. The number of nitro groups is 1. The second kappa shape index (κ2) is 11.6. The minimum Gasteiger partial charge on any atom is -0.490 e. The molecule has 1 heterocycles. The number of benzene rings is 3. The van der Waals surface area contributed by atoms with E-state index in [2.05, 4.69) is 22.6 Å². The maximum Gasteiger partial charge on any atom is 0.293 e. The average Bonchev–Trinajstić information content (AvgIpc) is 3.12. The lowest BCUT2D eigenvalue weighted by Gasteiger charge is -2.13. The van der Waals surface area contributed by atoms with E-state index in [9.17, 15) is 19.7 Å². The number of halogens is 1. The van der Waals surface area contributed by atoms with E-state index in [1.165, 1.54) is 18.2 Å². The molecule has 36 heavy (non-hydrogen) atoms. The van der Waals surface area contributed by atoms with E-state index in [1.54, 1.807) is 30.3 Å². The van der Waals surface area contributed by atoms with Crippen LogP contribution in [-0.4, -0.2) is 27.6 Å². The number of hydrogen-bond acceptors (Lipinski definition) is 7. The Hall–Kier alpha value is -3.38. The van der Waals surface area contributed by atoms with Gasteiger partial charge < -0.3 is 9.47 Å². The summed E-state index contributed by atoms with van der Waals surface area (Å²) in [6, 6.07) is 19.2. The van der Waals surface area contributed by atoms with Crippen molar-refractivity contribution in [2.45, 2.75) is 20.1 Å². The number of carbonyl (C=O) groups is 2. The SMILES string of the molecule is CCOc1cc(/C=C2/SC(=O)N(Cc3cccc([N+](=O)[O-])c3)C2=O)ccc1OCc1ccc(I)cc1. The summed E-state index contributed by atoms with van der Waals surface area (Å²) >= 11 is 3.08. The molecule has 0 saturated carbocycles. The Balaban J connectivity index is 1.50. The zero-order chi connectivity index (χ0) is 25.7. The highest BCUT2D eigenvalue weighted by Crippen LogP contribution is 2.36.